The van der Waals surface area contributed by atoms with Crippen LogP contribution in [0, 0.1) is 0 Å². The summed E-state index contributed by atoms with van der Waals surface area (Å²) in [5.41, 5.74) is 3.94. The lowest BCUT2D eigenvalue weighted by atomic mass is 10.1. The summed E-state index contributed by atoms with van der Waals surface area (Å²) in [6.07, 6.45) is -3.65. The summed E-state index contributed by atoms with van der Waals surface area (Å²) in [7, 11) is 0. The molecule has 0 radical (unpaired) electrons. The van der Waals surface area contributed by atoms with E-state index >= 15 is 0 Å². The van der Waals surface area contributed by atoms with Gasteiger partial charge in [0.2, 0.25) is 0 Å². The summed E-state index contributed by atoms with van der Waals surface area (Å²) in [6.45, 7) is -1.27. The van der Waals surface area contributed by atoms with Gasteiger partial charge >= 0.3 is 6.18 Å². The number of hydrogen-bond donors (Lipinski definition) is 0. The Hall–Kier alpha value is -2.34. The van der Waals surface area contributed by atoms with Crippen molar-refractivity contribution in [2.45, 2.75) is 12.6 Å². The molecule has 1 aromatic heterocycles. The maximum atomic E-state index is 12.3. The van der Waals surface area contributed by atoms with Gasteiger partial charge in [-0.3, -0.25) is 0 Å². The molecule has 4 rings (SSSR count). The number of hydrogen-bond acceptors (Lipinski definition) is 3. The second kappa shape index (κ2) is 5.63. The average Bonchev–Trinajstić information content (AvgIpc) is 3.10. The minimum Gasteiger partial charge on any atom is -0.484 e. The summed E-state index contributed by atoms with van der Waals surface area (Å²) in [4.78, 5) is 5.85. The molecule has 3 aromatic rings. The molecule has 0 fully saturated rings. The van der Waals surface area contributed by atoms with E-state index in [1.165, 1.54) is 0 Å². The van der Waals surface area contributed by atoms with Gasteiger partial charge in [-0.05, 0) is 23.8 Å². The lowest BCUT2D eigenvalue weighted by Crippen LogP contribution is -2.19. The van der Waals surface area contributed by atoms with E-state index in [9.17, 15) is 13.2 Å². The molecule has 0 amide bonds. The minimum atomic E-state index is -4.33. The quantitative estimate of drug-likeness (QED) is 0.500. The fraction of sp³-hybridized carbons (Fsp3) is 0.167. The second-order valence-electron chi connectivity index (χ2n) is 5.56. The van der Waals surface area contributed by atoms with Crippen LogP contribution in [-0.2, 0) is 6.42 Å². The minimum absolute atomic E-state index is 0.240. The maximum absolute atomic E-state index is 12.3. The Balaban J connectivity index is 1.61. The number of alkyl halides is 3. The molecule has 0 bridgehead atoms. The van der Waals surface area contributed by atoms with E-state index in [4.69, 9.17) is 9.72 Å². The molecular formula is C18H12F3NOS. The van der Waals surface area contributed by atoms with Crippen LogP contribution >= 0.6 is 11.3 Å². The maximum Gasteiger partial charge on any atom is 0.422 e. The molecule has 0 saturated carbocycles. The Labute approximate surface area is 140 Å². The standard InChI is InChI=1S/C18H12F3NOS/c19-18(20,21)10-23-13-6-7-14-12(8-13)9-15-16(14)22-17(24-15)11-4-2-1-3-5-11/h1-8H,9-10H2. The zero-order chi connectivity index (χ0) is 16.7. The highest BCUT2D eigenvalue weighted by molar-refractivity contribution is 7.15. The van der Waals surface area contributed by atoms with E-state index in [0.29, 0.717) is 6.42 Å². The zero-order valence-electron chi connectivity index (χ0n) is 12.4. The molecule has 24 heavy (non-hydrogen) atoms. The highest BCUT2D eigenvalue weighted by Gasteiger charge is 2.29. The third kappa shape index (κ3) is 2.89. The van der Waals surface area contributed by atoms with E-state index in [2.05, 4.69) is 0 Å². The Morgan fingerprint density at radius 1 is 1.08 bits per heavy atom. The van der Waals surface area contributed by atoms with Crippen LogP contribution in [0.25, 0.3) is 21.8 Å². The first-order chi connectivity index (χ1) is 11.5. The molecule has 0 saturated heterocycles. The van der Waals surface area contributed by atoms with Crippen LogP contribution in [0.3, 0.4) is 0 Å². The molecule has 0 unspecified atom stereocenters. The van der Waals surface area contributed by atoms with Crippen LogP contribution in [0.5, 0.6) is 5.75 Å². The van der Waals surface area contributed by atoms with E-state index in [-0.39, 0.29) is 5.75 Å². The van der Waals surface area contributed by atoms with Gasteiger partial charge in [-0.25, -0.2) is 4.98 Å². The van der Waals surface area contributed by atoms with Gasteiger partial charge in [0.15, 0.2) is 6.61 Å². The Morgan fingerprint density at radius 3 is 2.62 bits per heavy atom. The number of fused-ring (bicyclic) bond motifs is 3. The topological polar surface area (TPSA) is 22.1 Å². The van der Waals surface area contributed by atoms with Gasteiger partial charge in [-0.15, -0.1) is 11.3 Å². The molecule has 0 atom stereocenters. The van der Waals surface area contributed by atoms with Gasteiger partial charge in [-0.2, -0.15) is 13.2 Å². The Bertz CT molecular complexity index is 887. The molecule has 2 aromatic carbocycles. The number of nitrogens with zero attached hydrogens (tertiary/aromatic N) is 1. The smallest absolute Gasteiger partial charge is 0.422 e. The van der Waals surface area contributed by atoms with E-state index in [1.54, 1.807) is 29.5 Å². The van der Waals surface area contributed by atoms with Crippen LogP contribution in [-0.4, -0.2) is 17.8 Å². The number of rotatable bonds is 3. The predicted octanol–water partition coefficient (Wildman–Crippen LogP) is 5.32. The summed E-state index contributed by atoms with van der Waals surface area (Å²) in [5.74, 6) is 0.240. The van der Waals surface area contributed by atoms with Gasteiger partial charge in [0.1, 0.15) is 10.8 Å². The first kappa shape index (κ1) is 15.2. The van der Waals surface area contributed by atoms with Crippen molar-refractivity contribution in [2.75, 3.05) is 6.61 Å². The Kier molecular flexibility index (Phi) is 3.57. The van der Waals surface area contributed by atoms with Crippen molar-refractivity contribution in [1.29, 1.82) is 0 Å². The van der Waals surface area contributed by atoms with Crippen LogP contribution in [0.4, 0.5) is 13.2 Å². The van der Waals surface area contributed by atoms with Gasteiger partial charge in [0.25, 0.3) is 0 Å². The molecule has 1 aliphatic carbocycles. The number of halogens is 3. The van der Waals surface area contributed by atoms with Gasteiger partial charge in [0.05, 0.1) is 5.69 Å². The van der Waals surface area contributed by atoms with Crippen LogP contribution in [0.1, 0.15) is 10.4 Å². The van der Waals surface area contributed by atoms with Crippen molar-refractivity contribution >= 4 is 11.3 Å². The van der Waals surface area contributed by atoms with Gasteiger partial charge in [0, 0.05) is 22.4 Å². The SMILES string of the molecule is FC(F)(F)COc1ccc2c(c1)Cc1sc(-c3ccccc3)nc1-2. The number of ether oxygens (including phenoxy) is 1. The number of benzene rings is 2. The highest BCUT2D eigenvalue weighted by atomic mass is 32.1. The first-order valence-corrected chi connectivity index (χ1v) is 8.19. The molecule has 1 aliphatic rings. The largest absolute Gasteiger partial charge is 0.484 e. The van der Waals surface area contributed by atoms with Crippen LogP contribution in [0.15, 0.2) is 48.5 Å². The molecule has 0 aliphatic heterocycles. The molecule has 1 heterocycles. The van der Waals surface area contributed by atoms with E-state index in [0.717, 1.165) is 32.3 Å². The van der Waals surface area contributed by atoms with Crippen LogP contribution in [0.2, 0.25) is 0 Å². The Morgan fingerprint density at radius 2 is 1.88 bits per heavy atom. The molecule has 0 spiro atoms. The predicted molar refractivity (Wildman–Crippen MR) is 87.3 cm³/mol. The third-order valence-electron chi connectivity index (χ3n) is 3.80. The third-order valence-corrected chi connectivity index (χ3v) is 4.91. The van der Waals surface area contributed by atoms with Crippen molar-refractivity contribution in [3.05, 3.63) is 59.0 Å². The fourth-order valence-corrected chi connectivity index (χ4v) is 3.87. The monoisotopic (exact) mass is 347 g/mol. The zero-order valence-corrected chi connectivity index (χ0v) is 13.2. The van der Waals surface area contributed by atoms with Gasteiger partial charge < -0.3 is 4.74 Å². The first-order valence-electron chi connectivity index (χ1n) is 7.37. The lowest BCUT2D eigenvalue weighted by Gasteiger charge is -2.10. The summed E-state index contributed by atoms with van der Waals surface area (Å²) in [5, 5.41) is 0.962. The normalized spacial score (nSPS) is 12.8. The van der Waals surface area contributed by atoms with Crippen LogP contribution < -0.4 is 4.74 Å². The molecular weight excluding hydrogens is 335 g/mol. The van der Waals surface area contributed by atoms with Crippen molar-refractivity contribution < 1.29 is 17.9 Å². The second-order valence-corrected chi connectivity index (χ2v) is 6.64. The molecule has 6 heteroatoms. The fourth-order valence-electron chi connectivity index (χ4n) is 2.76. The van der Waals surface area contributed by atoms with E-state index < -0.39 is 12.8 Å². The lowest BCUT2D eigenvalue weighted by molar-refractivity contribution is -0.153. The molecule has 2 nitrogen and oxygen atoms in total. The average molecular weight is 347 g/mol. The van der Waals surface area contributed by atoms with Crippen molar-refractivity contribution in [1.82, 2.24) is 4.98 Å². The highest BCUT2D eigenvalue weighted by Crippen LogP contribution is 2.43. The molecule has 0 N–H and O–H groups in total. The van der Waals surface area contributed by atoms with Crippen molar-refractivity contribution in [3.63, 3.8) is 0 Å². The summed E-state index contributed by atoms with van der Waals surface area (Å²) >= 11 is 1.62. The number of aromatic nitrogens is 1. The summed E-state index contributed by atoms with van der Waals surface area (Å²) < 4.78 is 41.6. The van der Waals surface area contributed by atoms with Crippen molar-refractivity contribution in [2.24, 2.45) is 0 Å². The molecule has 122 valence electrons. The number of thiazole rings is 1. The van der Waals surface area contributed by atoms with E-state index in [1.807, 2.05) is 30.3 Å². The summed E-state index contributed by atoms with van der Waals surface area (Å²) in [6, 6.07) is 15.0. The van der Waals surface area contributed by atoms with Crippen molar-refractivity contribution in [3.8, 4) is 27.6 Å². The van der Waals surface area contributed by atoms with Gasteiger partial charge in [-0.1, -0.05) is 30.3 Å².